The molecule has 108 valence electrons. The van der Waals surface area contributed by atoms with Crippen LogP contribution in [0.3, 0.4) is 0 Å². The van der Waals surface area contributed by atoms with Crippen molar-refractivity contribution in [1.82, 2.24) is 19.9 Å². The average Bonchev–Trinajstić information content (AvgIpc) is 3.06. The molecule has 0 unspecified atom stereocenters. The lowest BCUT2D eigenvalue weighted by atomic mass is 10.1. The Kier molecular flexibility index (Phi) is 3.70. The third-order valence-electron chi connectivity index (χ3n) is 3.56. The minimum Gasteiger partial charge on any atom is -0.352 e. The van der Waals surface area contributed by atoms with E-state index < -0.39 is 0 Å². The van der Waals surface area contributed by atoms with Crippen molar-refractivity contribution >= 4 is 22.2 Å². The molecule has 6 heteroatoms. The molecule has 1 amide bonds. The van der Waals surface area contributed by atoms with Gasteiger partial charge in [-0.3, -0.25) is 9.20 Å². The monoisotopic (exact) mass is 300 g/mol. The van der Waals surface area contributed by atoms with Gasteiger partial charge in [-0.05, 0) is 37.1 Å². The van der Waals surface area contributed by atoms with E-state index >= 15 is 0 Å². The molecule has 3 rings (SSSR count). The summed E-state index contributed by atoms with van der Waals surface area (Å²) in [5.74, 6) is -0.0340. The molecule has 0 aliphatic heterocycles. The maximum atomic E-state index is 12.1. The topological polar surface area (TPSA) is 59.3 Å². The van der Waals surface area contributed by atoms with E-state index in [1.807, 2.05) is 41.8 Å². The summed E-state index contributed by atoms with van der Waals surface area (Å²) in [6.45, 7) is 4.65. The maximum Gasteiger partial charge on any atom is 0.251 e. The van der Waals surface area contributed by atoms with Gasteiger partial charge in [-0.2, -0.15) is 0 Å². The van der Waals surface area contributed by atoms with Gasteiger partial charge in [0.1, 0.15) is 6.33 Å². The second-order valence-corrected chi connectivity index (χ2v) is 5.85. The maximum absolute atomic E-state index is 12.1. The highest BCUT2D eigenvalue weighted by atomic mass is 32.1. The first kappa shape index (κ1) is 13.8. The number of fused-ring (bicyclic) bond motifs is 1. The second kappa shape index (κ2) is 5.65. The molecule has 0 aliphatic carbocycles. The fourth-order valence-electron chi connectivity index (χ4n) is 2.15. The molecular weight excluding hydrogens is 284 g/mol. The Morgan fingerprint density at radius 1 is 1.33 bits per heavy atom. The summed E-state index contributed by atoms with van der Waals surface area (Å²) in [4.78, 5) is 13.0. The standard InChI is InChI=1S/C15H16N4OS/c1-10-3-4-12(7-11(10)2)14(20)16-6-5-13-8-21-15-18-17-9-19(13)15/h3-4,7-9H,5-6H2,1-2H3,(H,16,20). The van der Waals surface area contributed by atoms with Crippen molar-refractivity contribution in [1.29, 1.82) is 0 Å². The van der Waals surface area contributed by atoms with E-state index in [1.54, 1.807) is 17.7 Å². The Hall–Kier alpha value is -2.21. The summed E-state index contributed by atoms with van der Waals surface area (Å²) in [6.07, 6.45) is 2.46. The first-order valence-corrected chi connectivity index (χ1v) is 7.64. The smallest absolute Gasteiger partial charge is 0.251 e. The highest BCUT2D eigenvalue weighted by molar-refractivity contribution is 7.15. The number of aromatic nitrogens is 3. The van der Waals surface area contributed by atoms with Crippen LogP contribution < -0.4 is 5.32 Å². The molecule has 0 spiro atoms. The third kappa shape index (κ3) is 2.80. The zero-order chi connectivity index (χ0) is 14.8. The molecular formula is C15H16N4OS. The Bertz CT molecular complexity index is 790. The number of carbonyl (C=O) groups is 1. The van der Waals surface area contributed by atoms with Gasteiger partial charge in [-0.25, -0.2) is 0 Å². The lowest BCUT2D eigenvalue weighted by Crippen LogP contribution is -2.26. The summed E-state index contributed by atoms with van der Waals surface area (Å²) in [7, 11) is 0. The Morgan fingerprint density at radius 2 is 2.19 bits per heavy atom. The Balaban J connectivity index is 1.61. The van der Waals surface area contributed by atoms with Crippen LogP contribution in [-0.2, 0) is 6.42 Å². The molecule has 0 radical (unpaired) electrons. The summed E-state index contributed by atoms with van der Waals surface area (Å²) in [5.41, 5.74) is 4.14. The van der Waals surface area contributed by atoms with E-state index in [4.69, 9.17) is 0 Å². The SMILES string of the molecule is Cc1ccc(C(=O)NCCc2csc3nncn23)cc1C. The molecule has 0 saturated heterocycles. The van der Waals surface area contributed by atoms with Gasteiger partial charge in [0.25, 0.3) is 5.91 Å². The van der Waals surface area contributed by atoms with Crippen LogP contribution >= 0.6 is 11.3 Å². The molecule has 0 fully saturated rings. The van der Waals surface area contributed by atoms with Gasteiger partial charge in [0.15, 0.2) is 0 Å². The van der Waals surface area contributed by atoms with Gasteiger partial charge in [-0.15, -0.1) is 21.5 Å². The van der Waals surface area contributed by atoms with E-state index in [0.29, 0.717) is 12.1 Å². The lowest BCUT2D eigenvalue weighted by Gasteiger charge is -2.07. The van der Waals surface area contributed by atoms with Crippen molar-refractivity contribution in [2.45, 2.75) is 20.3 Å². The van der Waals surface area contributed by atoms with E-state index in [-0.39, 0.29) is 5.91 Å². The zero-order valence-corrected chi connectivity index (χ0v) is 12.8. The van der Waals surface area contributed by atoms with E-state index in [2.05, 4.69) is 15.5 Å². The number of nitrogens with zero attached hydrogens (tertiary/aromatic N) is 3. The average molecular weight is 300 g/mol. The molecule has 5 nitrogen and oxygen atoms in total. The van der Waals surface area contributed by atoms with Gasteiger partial charge < -0.3 is 5.32 Å². The highest BCUT2D eigenvalue weighted by Gasteiger charge is 2.08. The predicted molar refractivity (Wildman–Crippen MR) is 82.8 cm³/mol. The fraction of sp³-hybridized carbons (Fsp3) is 0.267. The number of benzene rings is 1. The quantitative estimate of drug-likeness (QED) is 0.805. The van der Waals surface area contributed by atoms with Crippen LogP contribution in [-0.4, -0.2) is 27.0 Å². The van der Waals surface area contributed by atoms with Crippen LogP contribution in [0.25, 0.3) is 4.96 Å². The van der Waals surface area contributed by atoms with Crippen molar-refractivity contribution < 1.29 is 4.79 Å². The van der Waals surface area contributed by atoms with Gasteiger partial charge in [0.05, 0.1) is 0 Å². The summed E-state index contributed by atoms with van der Waals surface area (Å²) in [6, 6.07) is 5.76. The van der Waals surface area contributed by atoms with E-state index in [1.165, 1.54) is 5.56 Å². The van der Waals surface area contributed by atoms with Gasteiger partial charge >= 0.3 is 0 Å². The van der Waals surface area contributed by atoms with Crippen LogP contribution in [0.4, 0.5) is 0 Å². The molecule has 21 heavy (non-hydrogen) atoms. The highest BCUT2D eigenvalue weighted by Crippen LogP contribution is 2.13. The fourth-order valence-corrected chi connectivity index (χ4v) is 2.99. The van der Waals surface area contributed by atoms with Crippen molar-refractivity contribution in [3.8, 4) is 0 Å². The predicted octanol–water partition coefficient (Wildman–Crippen LogP) is 2.38. The number of aryl methyl sites for hydroxylation is 2. The van der Waals surface area contributed by atoms with Crippen LogP contribution in [0.1, 0.15) is 27.2 Å². The zero-order valence-electron chi connectivity index (χ0n) is 12.0. The van der Waals surface area contributed by atoms with Crippen molar-refractivity contribution in [2.75, 3.05) is 6.54 Å². The van der Waals surface area contributed by atoms with Crippen LogP contribution in [0.5, 0.6) is 0 Å². The number of thiazole rings is 1. The molecule has 0 aliphatic rings. The molecule has 0 atom stereocenters. The molecule has 1 aromatic carbocycles. The van der Waals surface area contributed by atoms with Gasteiger partial charge in [0, 0.05) is 29.6 Å². The van der Waals surface area contributed by atoms with Crippen LogP contribution in [0.15, 0.2) is 29.9 Å². The van der Waals surface area contributed by atoms with Crippen molar-refractivity contribution in [3.05, 3.63) is 52.3 Å². The largest absolute Gasteiger partial charge is 0.352 e. The van der Waals surface area contributed by atoms with Crippen LogP contribution in [0.2, 0.25) is 0 Å². The normalized spacial score (nSPS) is 11.0. The number of hydrogen-bond donors (Lipinski definition) is 1. The number of rotatable bonds is 4. The molecule has 0 bridgehead atoms. The summed E-state index contributed by atoms with van der Waals surface area (Å²) >= 11 is 1.56. The van der Waals surface area contributed by atoms with Gasteiger partial charge in [-0.1, -0.05) is 6.07 Å². The molecule has 2 heterocycles. The molecule has 3 aromatic rings. The number of nitrogens with one attached hydrogen (secondary N) is 1. The number of amides is 1. The second-order valence-electron chi connectivity index (χ2n) is 5.02. The van der Waals surface area contributed by atoms with Crippen molar-refractivity contribution in [2.24, 2.45) is 0 Å². The van der Waals surface area contributed by atoms with Crippen LogP contribution in [0, 0.1) is 13.8 Å². The van der Waals surface area contributed by atoms with Crippen molar-refractivity contribution in [3.63, 3.8) is 0 Å². The first-order valence-electron chi connectivity index (χ1n) is 6.76. The van der Waals surface area contributed by atoms with Gasteiger partial charge in [0.2, 0.25) is 4.96 Å². The van der Waals surface area contributed by atoms with E-state index in [9.17, 15) is 4.79 Å². The van der Waals surface area contributed by atoms with E-state index in [0.717, 1.165) is 22.6 Å². The minimum absolute atomic E-state index is 0.0340. The molecule has 0 saturated carbocycles. The lowest BCUT2D eigenvalue weighted by molar-refractivity contribution is 0.0954. The third-order valence-corrected chi connectivity index (χ3v) is 4.44. The molecule has 2 aromatic heterocycles. The number of hydrogen-bond acceptors (Lipinski definition) is 4. The minimum atomic E-state index is -0.0340. The summed E-state index contributed by atoms with van der Waals surface area (Å²) < 4.78 is 1.95. The first-order chi connectivity index (χ1) is 10.1. The number of carbonyl (C=O) groups excluding carboxylic acids is 1. The Morgan fingerprint density at radius 3 is 3.00 bits per heavy atom. The Labute approximate surface area is 126 Å². The summed E-state index contributed by atoms with van der Waals surface area (Å²) in [5, 5.41) is 12.9. The molecule has 1 N–H and O–H groups in total.